The molecule has 1 aliphatic rings. The van der Waals surface area contributed by atoms with Gasteiger partial charge in [-0.2, -0.15) is 0 Å². The van der Waals surface area contributed by atoms with Crippen LogP contribution in [0.15, 0.2) is 188 Å². The van der Waals surface area contributed by atoms with E-state index in [0.29, 0.717) is 11.5 Å². The first kappa shape index (κ1) is 28.6. The summed E-state index contributed by atoms with van der Waals surface area (Å²) in [7, 11) is 0. The van der Waals surface area contributed by atoms with E-state index in [9.17, 15) is 0 Å². The molecule has 0 fully saturated rings. The van der Waals surface area contributed by atoms with Crippen molar-refractivity contribution in [3.63, 3.8) is 0 Å². The van der Waals surface area contributed by atoms with Gasteiger partial charge in [0.2, 0.25) is 0 Å². The summed E-state index contributed by atoms with van der Waals surface area (Å²) in [6.45, 7) is 0. The fourth-order valence-electron chi connectivity index (χ4n) is 6.73. The van der Waals surface area contributed by atoms with Crippen LogP contribution < -0.4 is 14.4 Å². The molecule has 0 atom stereocenters. The van der Waals surface area contributed by atoms with Crippen molar-refractivity contribution >= 4 is 27.8 Å². The zero-order valence-electron chi connectivity index (χ0n) is 26.7. The normalized spacial score (nSPS) is 11.6. The molecule has 0 N–H and O–H groups in total. The Morgan fingerprint density at radius 2 is 0.837 bits per heavy atom. The van der Waals surface area contributed by atoms with Crippen LogP contribution in [0.3, 0.4) is 0 Å². The second-order valence-electron chi connectivity index (χ2n) is 12.2. The molecule has 1 heterocycles. The van der Waals surface area contributed by atoms with Gasteiger partial charge in [0, 0.05) is 16.9 Å². The summed E-state index contributed by atoms with van der Waals surface area (Å²) in [4.78, 5) is 2.32. The minimum Gasteiger partial charge on any atom is -0.453 e. The maximum Gasteiger partial charge on any atom is 0.170 e. The maximum atomic E-state index is 6.56. The van der Waals surface area contributed by atoms with Crippen molar-refractivity contribution < 1.29 is 9.47 Å². The lowest BCUT2D eigenvalue weighted by molar-refractivity contribution is 0.439. The van der Waals surface area contributed by atoms with Gasteiger partial charge >= 0.3 is 0 Å². The molecule has 0 radical (unpaired) electrons. The number of nitrogens with zero attached hydrogens (tertiary/aromatic N) is 1. The minimum absolute atomic E-state index is 0.685. The van der Waals surface area contributed by atoms with Gasteiger partial charge in [0.25, 0.3) is 0 Å². The van der Waals surface area contributed by atoms with Crippen LogP contribution >= 0.6 is 0 Å². The molecule has 232 valence electrons. The topological polar surface area (TPSA) is 21.7 Å². The Balaban J connectivity index is 1.09. The molecule has 0 unspecified atom stereocenters. The number of fused-ring (bicyclic) bond motifs is 1. The van der Waals surface area contributed by atoms with E-state index in [1.54, 1.807) is 0 Å². The first-order valence-corrected chi connectivity index (χ1v) is 16.5. The van der Waals surface area contributed by atoms with E-state index in [1.807, 2.05) is 36.4 Å². The molecule has 8 aromatic rings. The van der Waals surface area contributed by atoms with Crippen LogP contribution in [0, 0.1) is 0 Å². The van der Waals surface area contributed by atoms with Crippen molar-refractivity contribution in [2.45, 2.75) is 0 Å². The van der Waals surface area contributed by atoms with E-state index in [4.69, 9.17) is 9.47 Å². The van der Waals surface area contributed by atoms with Crippen molar-refractivity contribution in [3.05, 3.63) is 188 Å². The summed E-state index contributed by atoms with van der Waals surface area (Å²) in [5, 5.41) is 2.07. The van der Waals surface area contributed by atoms with E-state index < -0.39 is 0 Å². The van der Waals surface area contributed by atoms with Crippen LogP contribution in [0.2, 0.25) is 0 Å². The van der Waals surface area contributed by atoms with Gasteiger partial charge in [0.15, 0.2) is 11.5 Å². The second-order valence-corrected chi connectivity index (χ2v) is 12.2. The first-order valence-electron chi connectivity index (χ1n) is 16.5. The van der Waals surface area contributed by atoms with Crippen LogP contribution in [0.1, 0.15) is 0 Å². The zero-order valence-corrected chi connectivity index (χ0v) is 26.7. The van der Waals surface area contributed by atoms with Crippen LogP contribution in [0.4, 0.5) is 17.1 Å². The van der Waals surface area contributed by atoms with Crippen molar-refractivity contribution in [1.29, 1.82) is 0 Å². The van der Waals surface area contributed by atoms with Gasteiger partial charge < -0.3 is 14.4 Å². The number of hydrogen-bond donors (Lipinski definition) is 0. The fraction of sp³-hybridized carbons (Fsp3) is 0. The summed E-state index contributed by atoms with van der Waals surface area (Å²) in [5.41, 5.74) is 10.1. The third kappa shape index (κ3) is 5.38. The maximum absolute atomic E-state index is 6.56. The highest BCUT2D eigenvalue weighted by molar-refractivity contribution is 5.95. The molecular formula is C46H31NO2. The molecule has 0 spiro atoms. The van der Waals surface area contributed by atoms with Gasteiger partial charge in [0.05, 0.1) is 11.1 Å². The van der Waals surface area contributed by atoms with Crippen molar-refractivity contribution in [3.8, 4) is 56.4 Å². The van der Waals surface area contributed by atoms with E-state index in [0.717, 1.165) is 50.5 Å². The summed E-state index contributed by atoms with van der Waals surface area (Å²) >= 11 is 0. The molecule has 49 heavy (non-hydrogen) atoms. The van der Waals surface area contributed by atoms with Crippen LogP contribution in [-0.4, -0.2) is 0 Å². The standard InChI is InChI=1S/C46H31NO2/c1-3-11-32(12-4-1)33-21-23-34(24-22-33)35-25-28-39(29-26-35)47(38-15-5-2-6-16-38)41-18-8-7-17-40(41)37-27-30-42-45(31-37)49-44-20-10-14-36-13-9-19-43(48-42)46(36)44/h1-31H. The lowest BCUT2D eigenvalue weighted by Crippen LogP contribution is -2.11. The largest absolute Gasteiger partial charge is 0.453 e. The van der Waals surface area contributed by atoms with E-state index >= 15 is 0 Å². The van der Waals surface area contributed by atoms with Crippen molar-refractivity contribution in [2.24, 2.45) is 0 Å². The molecule has 1 aliphatic heterocycles. The Kier molecular flexibility index (Phi) is 7.14. The Morgan fingerprint density at radius 1 is 0.327 bits per heavy atom. The lowest BCUT2D eigenvalue weighted by atomic mass is 9.99. The third-order valence-electron chi connectivity index (χ3n) is 9.13. The molecule has 0 amide bonds. The Hall–Kier alpha value is -6.58. The molecule has 0 aromatic heterocycles. The average molecular weight is 630 g/mol. The highest BCUT2D eigenvalue weighted by Crippen LogP contribution is 2.48. The SMILES string of the molecule is c1ccc(-c2ccc(-c3ccc(N(c4ccccc4)c4ccccc4-c4ccc5c(c4)Oc4cccc6cccc(c46)O5)cc3)cc2)cc1. The summed E-state index contributed by atoms with van der Waals surface area (Å²) in [6, 6.07) is 65.6. The van der Waals surface area contributed by atoms with Crippen LogP contribution in [0.25, 0.3) is 44.2 Å². The predicted molar refractivity (Wildman–Crippen MR) is 202 cm³/mol. The Morgan fingerprint density at radius 3 is 1.51 bits per heavy atom. The van der Waals surface area contributed by atoms with Gasteiger partial charge in [0.1, 0.15) is 11.5 Å². The zero-order chi connectivity index (χ0) is 32.6. The van der Waals surface area contributed by atoms with Gasteiger partial charge in [-0.05, 0) is 87.8 Å². The summed E-state index contributed by atoms with van der Waals surface area (Å²) in [5.74, 6) is 2.96. The first-order chi connectivity index (χ1) is 24.3. The lowest BCUT2D eigenvalue weighted by Gasteiger charge is -2.28. The van der Waals surface area contributed by atoms with Gasteiger partial charge in [-0.1, -0.05) is 133 Å². The van der Waals surface area contributed by atoms with Crippen LogP contribution in [-0.2, 0) is 0 Å². The van der Waals surface area contributed by atoms with Gasteiger partial charge in [-0.3, -0.25) is 0 Å². The molecule has 9 rings (SSSR count). The molecule has 0 bridgehead atoms. The summed E-state index contributed by atoms with van der Waals surface area (Å²) < 4.78 is 13.0. The predicted octanol–water partition coefficient (Wildman–Crippen LogP) is 13.2. The molecule has 0 saturated heterocycles. The minimum atomic E-state index is 0.685. The molecule has 0 saturated carbocycles. The number of benzene rings is 8. The highest BCUT2D eigenvalue weighted by Gasteiger charge is 2.21. The molecular weight excluding hydrogens is 599 g/mol. The summed E-state index contributed by atoms with van der Waals surface area (Å²) in [6.07, 6.45) is 0. The van der Waals surface area contributed by atoms with Crippen molar-refractivity contribution in [1.82, 2.24) is 0 Å². The number of anilines is 3. The Labute approximate surface area is 285 Å². The van der Waals surface area contributed by atoms with Gasteiger partial charge in [-0.25, -0.2) is 0 Å². The highest BCUT2D eigenvalue weighted by atomic mass is 16.5. The molecule has 3 nitrogen and oxygen atoms in total. The van der Waals surface area contributed by atoms with E-state index in [1.165, 1.54) is 22.3 Å². The molecule has 3 heteroatoms. The van der Waals surface area contributed by atoms with Crippen molar-refractivity contribution in [2.75, 3.05) is 4.90 Å². The van der Waals surface area contributed by atoms with E-state index in [2.05, 4.69) is 157 Å². The number of hydrogen-bond acceptors (Lipinski definition) is 3. The van der Waals surface area contributed by atoms with Gasteiger partial charge in [-0.15, -0.1) is 0 Å². The second kappa shape index (κ2) is 12.2. The molecule has 8 aromatic carbocycles. The average Bonchev–Trinajstić information content (AvgIpc) is 3.33. The Bertz CT molecular complexity index is 2410. The quantitative estimate of drug-likeness (QED) is 0.183. The third-order valence-corrected chi connectivity index (χ3v) is 9.13. The number of rotatable bonds is 6. The number of ether oxygens (including phenoxy) is 2. The van der Waals surface area contributed by atoms with Crippen LogP contribution in [0.5, 0.6) is 23.0 Å². The monoisotopic (exact) mass is 629 g/mol. The smallest absolute Gasteiger partial charge is 0.170 e. The number of para-hydroxylation sites is 2. The fourth-order valence-corrected chi connectivity index (χ4v) is 6.73. The van der Waals surface area contributed by atoms with E-state index in [-0.39, 0.29) is 0 Å². The molecule has 0 aliphatic carbocycles.